The summed E-state index contributed by atoms with van der Waals surface area (Å²) in [6.45, 7) is 7.88. The first kappa shape index (κ1) is 13.9. The third-order valence-corrected chi connectivity index (χ3v) is 3.84. The first-order valence-corrected chi connectivity index (χ1v) is 6.64. The highest BCUT2D eigenvalue weighted by atomic mass is 16.3. The van der Waals surface area contributed by atoms with Gasteiger partial charge in [-0.3, -0.25) is 0 Å². The molecule has 96 valence electrons. The summed E-state index contributed by atoms with van der Waals surface area (Å²) in [7, 11) is 0. The second kappa shape index (κ2) is 6.58. The molecule has 1 unspecified atom stereocenters. The molecule has 0 amide bonds. The predicted octanol–water partition coefficient (Wildman–Crippen LogP) is 1.60. The lowest BCUT2D eigenvalue weighted by molar-refractivity contribution is 0.105. The fraction of sp³-hybridized carbons (Fsp3) is 1.00. The first-order chi connectivity index (χ1) is 7.59. The second-order valence-corrected chi connectivity index (χ2v) is 5.82. The lowest BCUT2D eigenvalue weighted by atomic mass is 9.88. The molecule has 3 nitrogen and oxygen atoms in total. The van der Waals surface area contributed by atoms with E-state index in [0.29, 0.717) is 12.6 Å². The maximum atomic E-state index is 9.06. The van der Waals surface area contributed by atoms with E-state index in [0.717, 1.165) is 25.9 Å². The summed E-state index contributed by atoms with van der Waals surface area (Å²) in [5, 5.41) is 9.06. The summed E-state index contributed by atoms with van der Waals surface area (Å²) in [5.74, 6) is 0. The van der Waals surface area contributed by atoms with Crippen LogP contribution in [0.5, 0.6) is 0 Å². The van der Waals surface area contributed by atoms with Gasteiger partial charge in [0.15, 0.2) is 0 Å². The lowest BCUT2D eigenvalue weighted by Crippen LogP contribution is -2.42. The SMILES string of the molecule is CC(C)(CN)CCN1CCCCC1CCO. The van der Waals surface area contributed by atoms with E-state index in [1.807, 2.05) is 0 Å². The molecule has 16 heavy (non-hydrogen) atoms. The molecule has 0 saturated carbocycles. The molecular formula is C13H28N2O. The molecule has 0 bridgehead atoms. The maximum absolute atomic E-state index is 9.06. The Morgan fingerprint density at radius 1 is 1.38 bits per heavy atom. The highest BCUT2D eigenvalue weighted by molar-refractivity contribution is 4.79. The smallest absolute Gasteiger partial charge is 0.0445 e. The van der Waals surface area contributed by atoms with Crippen LogP contribution in [0.15, 0.2) is 0 Å². The Labute approximate surface area is 100 Å². The van der Waals surface area contributed by atoms with Crippen molar-refractivity contribution in [3.8, 4) is 0 Å². The number of likely N-dealkylation sites (tertiary alicyclic amines) is 1. The van der Waals surface area contributed by atoms with Gasteiger partial charge in [0, 0.05) is 12.6 Å². The average Bonchev–Trinajstić information content (AvgIpc) is 2.28. The van der Waals surface area contributed by atoms with Crippen molar-refractivity contribution in [2.75, 3.05) is 26.2 Å². The van der Waals surface area contributed by atoms with Crippen LogP contribution in [0.2, 0.25) is 0 Å². The molecule has 3 heteroatoms. The lowest BCUT2D eigenvalue weighted by Gasteiger charge is -2.37. The summed E-state index contributed by atoms with van der Waals surface area (Å²) in [6, 6.07) is 0.604. The first-order valence-electron chi connectivity index (χ1n) is 6.64. The summed E-state index contributed by atoms with van der Waals surface area (Å²) >= 11 is 0. The molecule has 1 heterocycles. The molecule has 0 aliphatic carbocycles. The van der Waals surface area contributed by atoms with E-state index in [9.17, 15) is 0 Å². The van der Waals surface area contributed by atoms with E-state index in [1.54, 1.807) is 0 Å². The minimum atomic E-state index is 0.251. The Bertz CT molecular complexity index is 192. The van der Waals surface area contributed by atoms with Gasteiger partial charge in [0.1, 0.15) is 0 Å². The Kier molecular flexibility index (Phi) is 5.73. The molecule has 1 atom stereocenters. The standard InChI is InChI=1S/C13H28N2O/c1-13(2,11-14)7-9-15-8-4-3-5-12(15)6-10-16/h12,16H,3-11,14H2,1-2H3. The molecule has 1 fully saturated rings. The van der Waals surface area contributed by atoms with Gasteiger partial charge in [0.25, 0.3) is 0 Å². The highest BCUT2D eigenvalue weighted by Gasteiger charge is 2.24. The number of aliphatic hydroxyl groups excluding tert-OH is 1. The van der Waals surface area contributed by atoms with Crippen molar-refractivity contribution in [2.24, 2.45) is 11.1 Å². The largest absolute Gasteiger partial charge is 0.396 e. The summed E-state index contributed by atoms with van der Waals surface area (Å²) in [5.41, 5.74) is 6.01. The van der Waals surface area contributed by atoms with Crippen LogP contribution in [0, 0.1) is 5.41 Å². The second-order valence-electron chi connectivity index (χ2n) is 5.82. The van der Waals surface area contributed by atoms with Gasteiger partial charge in [-0.1, -0.05) is 20.3 Å². The number of aliphatic hydroxyl groups is 1. The third kappa shape index (κ3) is 4.40. The zero-order valence-corrected chi connectivity index (χ0v) is 10.9. The minimum Gasteiger partial charge on any atom is -0.396 e. The number of rotatable bonds is 6. The van der Waals surface area contributed by atoms with Gasteiger partial charge >= 0.3 is 0 Å². The zero-order chi connectivity index (χ0) is 12.0. The van der Waals surface area contributed by atoms with Gasteiger partial charge in [-0.05, 0) is 50.7 Å². The van der Waals surface area contributed by atoms with Crippen molar-refractivity contribution < 1.29 is 5.11 Å². The summed E-state index contributed by atoms with van der Waals surface area (Å²) < 4.78 is 0. The minimum absolute atomic E-state index is 0.251. The monoisotopic (exact) mass is 228 g/mol. The molecule has 1 saturated heterocycles. The third-order valence-electron chi connectivity index (χ3n) is 3.84. The molecule has 0 spiro atoms. The van der Waals surface area contributed by atoms with E-state index < -0.39 is 0 Å². The number of nitrogens with two attached hydrogens (primary N) is 1. The number of hydrogen-bond acceptors (Lipinski definition) is 3. The van der Waals surface area contributed by atoms with Crippen molar-refractivity contribution in [1.82, 2.24) is 4.90 Å². The van der Waals surface area contributed by atoms with Gasteiger partial charge in [0.2, 0.25) is 0 Å². The fourth-order valence-corrected chi connectivity index (χ4v) is 2.38. The molecule has 0 radical (unpaired) electrons. The van der Waals surface area contributed by atoms with Crippen LogP contribution in [0.3, 0.4) is 0 Å². The van der Waals surface area contributed by atoms with Crippen LogP contribution in [0.1, 0.15) is 46.0 Å². The molecule has 0 aromatic carbocycles. The highest BCUT2D eigenvalue weighted by Crippen LogP contribution is 2.24. The van der Waals surface area contributed by atoms with E-state index in [1.165, 1.54) is 25.8 Å². The fourth-order valence-electron chi connectivity index (χ4n) is 2.38. The Morgan fingerprint density at radius 3 is 2.75 bits per heavy atom. The maximum Gasteiger partial charge on any atom is 0.0445 e. The van der Waals surface area contributed by atoms with E-state index in [2.05, 4.69) is 18.7 Å². The number of piperidine rings is 1. The van der Waals surface area contributed by atoms with E-state index in [4.69, 9.17) is 10.8 Å². The van der Waals surface area contributed by atoms with Crippen molar-refractivity contribution in [1.29, 1.82) is 0 Å². The average molecular weight is 228 g/mol. The van der Waals surface area contributed by atoms with Gasteiger partial charge in [-0.25, -0.2) is 0 Å². The van der Waals surface area contributed by atoms with Gasteiger partial charge < -0.3 is 15.7 Å². The van der Waals surface area contributed by atoms with Crippen LogP contribution < -0.4 is 5.73 Å². The quantitative estimate of drug-likeness (QED) is 0.726. The Balaban J connectivity index is 2.37. The zero-order valence-electron chi connectivity index (χ0n) is 10.9. The molecule has 1 aliphatic heterocycles. The topological polar surface area (TPSA) is 49.5 Å². The van der Waals surface area contributed by atoms with Crippen LogP contribution in [0.25, 0.3) is 0 Å². The number of hydrogen-bond donors (Lipinski definition) is 2. The van der Waals surface area contributed by atoms with Crippen molar-refractivity contribution in [3.05, 3.63) is 0 Å². The molecular weight excluding hydrogens is 200 g/mol. The van der Waals surface area contributed by atoms with Crippen LogP contribution in [-0.4, -0.2) is 42.3 Å². The van der Waals surface area contributed by atoms with E-state index >= 15 is 0 Å². The van der Waals surface area contributed by atoms with Crippen LogP contribution >= 0.6 is 0 Å². The Morgan fingerprint density at radius 2 is 2.12 bits per heavy atom. The van der Waals surface area contributed by atoms with Crippen molar-refractivity contribution in [2.45, 2.75) is 52.0 Å². The molecule has 0 aromatic heterocycles. The molecule has 0 aromatic rings. The Hall–Kier alpha value is -0.120. The molecule has 1 rings (SSSR count). The van der Waals surface area contributed by atoms with Gasteiger partial charge in [-0.15, -0.1) is 0 Å². The summed E-state index contributed by atoms with van der Waals surface area (Å²) in [6.07, 6.45) is 5.98. The van der Waals surface area contributed by atoms with Gasteiger partial charge in [0.05, 0.1) is 0 Å². The van der Waals surface area contributed by atoms with Crippen LogP contribution in [0.4, 0.5) is 0 Å². The van der Waals surface area contributed by atoms with Crippen molar-refractivity contribution in [3.63, 3.8) is 0 Å². The predicted molar refractivity (Wildman–Crippen MR) is 68.4 cm³/mol. The molecule has 1 aliphatic rings. The summed E-state index contributed by atoms with van der Waals surface area (Å²) in [4.78, 5) is 2.55. The molecule has 3 N–H and O–H groups in total. The normalized spacial score (nSPS) is 23.6. The van der Waals surface area contributed by atoms with E-state index in [-0.39, 0.29) is 5.41 Å². The number of nitrogens with zero attached hydrogens (tertiary/aromatic N) is 1. The van der Waals surface area contributed by atoms with Crippen molar-refractivity contribution >= 4 is 0 Å². The van der Waals surface area contributed by atoms with Gasteiger partial charge in [-0.2, -0.15) is 0 Å². The van der Waals surface area contributed by atoms with Crippen LogP contribution in [-0.2, 0) is 0 Å².